The van der Waals surface area contributed by atoms with Crippen LogP contribution in [0.3, 0.4) is 0 Å². The van der Waals surface area contributed by atoms with Gasteiger partial charge in [0.1, 0.15) is 0 Å². The van der Waals surface area contributed by atoms with Crippen molar-refractivity contribution in [1.29, 1.82) is 0 Å². The summed E-state index contributed by atoms with van der Waals surface area (Å²) >= 11 is 5.73. The molecule has 0 saturated heterocycles. The Kier molecular flexibility index (Phi) is 3.16. The van der Waals surface area contributed by atoms with Gasteiger partial charge in [0.15, 0.2) is 0 Å². The van der Waals surface area contributed by atoms with Crippen LogP contribution in [0.4, 0.5) is 0 Å². The van der Waals surface area contributed by atoms with E-state index in [1.165, 1.54) is 0 Å². The lowest BCUT2D eigenvalue weighted by molar-refractivity contribution is 0.184. The highest BCUT2D eigenvalue weighted by atomic mass is 35.5. The molecule has 0 spiro atoms. The Morgan fingerprint density at radius 1 is 1.58 bits per heavy atom. The van der Waals surface area contributed by atoms with Gasteiger partial charge in [-0.2, -0.15) is 0 Å². The summed E-state index contributed by atoms with van der Waals surface area (Å²) < 4.78 is 0. The molecule has 0 bridgehead atoms. The highest BCUT2D eigenvalue weighted by Crippen LogP contribution is 2.19. The first kappa shape index (κ1) is 9.12. The molecule has 0 heterocycles. The highest BCUT2D eigenvalue weighted by molar-refractivity contribution is 6.30. The van der Waals surface area contributed by atoms with Gasteiger partial charge in [-0.25, -0.2) is 0 Å². The molecule has 1 aromatic rings. The van der Waals surface area contributed by atoms with E-state index in [2.05, 4.69) is 5.92 Å². The predicted molar refractivity (Wildman–Crippen MR) is 49.9 cm³/mol. The monoisotopic (exact) mass is 180 g/mol. The maximum atomic E-state index is 9.44. The molecule has 0 amide bonds. The minimum atomic E-state index is -0.603. The highest BCUT2D eigenvalue weighted by Gasteiger charge is 2.04. The summed E-state index contributed by atoms with van der Waals surface area (Å²) in [6, 6.07) is 7.06. The van der Waals surface area contributed by atoms with E-state index in [4.69, 9.17) is 18.0 Å². The molecule has 62 valence electrons. The Morgan fingerprint density at radius 3 is 2.92 bits per heavy atom. The Bertz CT molecular complexity index is 301. The van der Waals surface area contributed by atoms with E-state index in [0.717, 1.165) is 5.56 Å². The van der Waals surface area contributed by atoms with E-state index in [0.29, 0.717) is 11.4 Å². The van der Waals surface area contributed by atoms with Crippen LogP contribution in [0.15, 0.2) is 24.3 Å². The molecular formula is C10H9ClO. The molecule has 1 atom stereocenters. The summed E-state index contributed by atoms with van der Waals surface area (Å²) in [5, 5.41) is 10.1. The Balaban J connectivity index is 2.82. The van der Waals surface area contributed by atoms with Gasteiger partial charge in [-0.1, -0.05) is 23.7 Å². The number of aliphatic hydroxyl groups excluding tert-OH is 1. The Labute approximate surface area is 77.0 Å². The van der Waals surface area contributed by atoms with Crippen LogP contribution >= 0.6 is 11.6 Å². The quantitative estimate of drug-likeness (QED) is 0.693. The van der Waals surface area contributed by atoms with Crippen molar-refractivity contribution in [2.45, 2.75) is 12.5 Å². The molecule has 0 fully saturated rings. The van der Waals surface area contributed by atoms with Crippen LogP contribution in [0.5, 0.6) is 0 Å². The molecule has 0 aliphatic heterocycles. The molecule has 0 aliphatic rings. The van der Waals surface area contributed by atoms with Crippen LogP contribution in [-0.2, 0) is 0 Å². The van der Waals surface area contributed by atoms with Crippen LogP contribution in [0.2, 0.25) is 5.02 Å². The SMILES string of the molecule is C#CCC(O)c1cccc(Cl)c1. The molecule has 0 saturated carbocycles. The molecule has 12 heavy (non-hydrogen) atoms. The van der Waals surface area contributed by atoms with E-state index in [1.807, 2.05) is 0 Å². The van der Waals surface area contributed by atoms with Gasteiger partial charge in [0.2, 0.25) is 0 Å². The minimum absolute atomic E-state index is 0.320. The van der Waals surface area contributed by atoms with Gasteiger partial charge in [-0.05, 0) is 17.7 Å². The Hall–Kier alpha value is -0.970. The van der Waals surface area contributed by atoms with Crippen LogP contribution in [0.25, 0.3) is 0 Å². The van der Waals surface area contributed by atoms with Gasteiger partial charge in [0, 0.05) is 11.4 Å². The number of hydrogen-bond donors (Lipinski definition) is 1. The summed E-state index contributed by atoms with van der Waals surface area (Å²) in [7, 11) is 0. The first-order chi connectivity index (χ1) is 5.74. The first-order valence-corrected chi connectivity index (χ1v) is 3.99. The number of halogens is 1. The fraction of sp³-hybridized carbons (Fsp3) is 0.200. The second kappa shape index (κ2) is 4.15. The third-order valence-corrected chi connectivity index (χ3v) is 1.78. The number of rotatable bonds is 2. The smallest absolute Gasteiger partial charge is 0.0899 e. The van der Waals surface area contributed by atoms with Gasteiger partial charge < -0.3 is 5.11 Å². The van der Waals surface area contributed by atoms with Crippen LogP contribution < -0.4 is 0 Å². The van der Waals surface area contributed by atoms with Gasteiger partial charge in [-0.15, -0.1) is 12.3 Å². The fourth-order valence-electron chi connectivity index (χ4n) is 0.943. The van der Waals surface area contributed by atoms with Gasteiger partial charge in [-0.3, -0.25) is 0 Å². The zero-order valence-electron chi connectivity index (χ0n) is 6.50. The molecule has 1 rings (SSSR count). The van der Waals surface area contributed by atoms with E-state index in [9.17, 15) is 5.11 Å². The zero-order valence-corrected chi connectivity index (χ0v) is 7.25. The van der Waals surface area contributed by atoms with Crippen molar-refractivity contribution in [2.75, 3.05) is 0 Å². The summed E-state index contributed by atoms with van der Waals surface area (Å²) in [6.07, 6.45) is 4.78. The maximum absolute atomic E-state index is 9.44. The van der Waals surface area contributed by atoms with Crippen molar-refractivity contribution >= 4 is 11.6 Å². The molecule has 1 N–H and O–H groups in total. The third-order valence-electron chi connectivity index (χ3n) is 1.54. The van der Waals surface area contributed by atoms with Crippen LogP contribution in [0, 0.1) is 12.3 Å². The number of benzene rings is 1. The maximum Gasteiger partial charge on any atom is 0.0899 e. The molecule has 1 aromatic carbocycles. The third kappa shape index (κ3) is 2.27. The molecule has 0 radical (unpaired) electrons. The largest absolute Gasteiger partial charge is 0.387 e. The average Bonchev–Trinajstić information content (AvgIpc) is 2.05. The standard InChI is InChI=1S/C10H9ClO/c1-2-4-10(12)8-5-3-6-9(11)7-8/h1,3,5-7,10,12H,4H2. The van der Waals surface area contributed by atoms with Crippen molar-refractivity contribution in [3.8, 4) is 12.3 Å². The molecular weight excluding hydrogens is 172 g/mol. The van der Waals surface area contributed by atoms with E-state index in [1.54, 1.807) is 24.3 Å². The lowest BCUT2D eigenvalue weighted by Crippen LogP contribution is -1.94. The summed E-state index contributed by atoms with van der Waals surface area (Å²) in [6.45, 7) is 0. The predicted octanol–water partition coefficient (Wildman–Crippen LogP) is 2.40. The summed E-state index contributed by atoms with van der Waals surface area (Å²) in [5.74, 6) is 2.39. The van der Waals surface area contributed by atoms with Crippen LogP contribution in [0.1, 0.15) is 18.1 Å². The zero-order chi connectivity index (χ0) is 8.97. The van der Waals surface area contributed by atoms with Crippen molar-refractivity contribution in [3.63, 3.8) is 0 Å². The molecule has 1 unspecified atom stereocenters. The number of aliphatic hydroxyl groups is 1. The van der Waals surface area contributed by atoms with E-state index in [-0.39, 0.29) is 0 Å². The van der Waals surface area contributed by atoms with Crippen molar-refractivity contribution in [2.24, 2.45) is 0 Å². The second-order valence-electron chi connectivity index (χ2n) is 2.48. The van der Waals surface area contributed by atoms with Crippen LogP contribution in [-0.4, -0.2) is 5.11 Å². The van der Waals surface area contributed by atoms with Gasteiger partial charge in [0.05, 0.1) is 6.10 Å². The van der Waals surface area contributed by atoms with E-state index < -0.39 is 6.10 Å². The summed E-state index contributed by atoms with van der Waals surface area (Å²) in [4.78, 5) is 0. The lowest BCUT2D eigenvalue weighted by Gasteiger charge is -2.06. The van der Waals surface area contributed by atoms with Crippen molar-refractivity contribution in [1.82, 2.24) is 0 Å². The van der Waals surface area contributed by atoms with Gasteiger partial charge >= 0.3 is 0 Å². The topological polar surface area (TPSA) is 20.2 Å². The van der Waals surface area contributed by atoms with Crippen molar-refractivity contribution in [3.05, 3.63) is 34.9 Å². The van der Waals surface area contributed by atoms with Gasteiger partial charge in [0.25, 0.3) is 0 Å². The lowest BCUT2D eigenvalue weighted by atomic mass is 10.1. The summed E-state index contributed by atoms with van der Waals surface area (Å²) in [5.41, 5.74) is 0.764. The fourth-order valence-corrected chi connectivity index (χ4v) is 1.14. The van der Waals surface area contributed by atoms with Crippen molar-refractivity contribution < 1.29 is 5.11 Å². The second-order valence-corrected chi connectivity index (χ2v) is 2.92. The average molecular weight is 181 g/mol. The minimum Gasteiger partial charge on any atom is -0.387 e. The number of terminal acetylenes is 1. The first-order valence-electron chi connectivity index (χ1n) is 3.61. The normalized spacial score (nSPS) is 12.1. The Morgan fingerprint density at radius 2 is 2.33 bits per heavy atom. The molecule has 1 nitrogen and oxygen atoms in total. The molecule has 0 aromatic heterocycles. The molecule has 0 aliphatic carbocycles. The molecule has 2 heteroatoms. The number of hydrogen-bond acceptors (Lipinski definition) is 1. The van der Waals surface area contributed by atoms with E-state index >= 15 is 0 Å².